The smallest absolute Gasteiger partial charge is 0.267 e. The van der Waals surface area contributed by atoms with Crippen LogP contribution in [0.5, 0.6) is 5.88 Å². The Balaban J connectivity index is 1.74. The minimum atomic E-state index is -4.49. The zero-order valence-corrected chi connectivity index (χ0v) is 18.2. The number of hydrogen-bond acceptors (Lipinski definition) is 7. The number of halogens is 3. The monoisotopic (exact) mass is 488 g/mol. The van der Waals surface area contributed by atoms with Gasteiger partial charge in [0.2, 0.25) is 5.88 Å². The normalized spacial score (nSPS) is 11.2. The summed E-state index contributed by atoms with van der Waals surface area (Å²) in [6.07, 6.45) is 5.40. The van der Waals surface area contributed by atoms with Crippen LogP contribution in [0.1, 0.15) is 16.8 Å². The number of hydrogen-bond donors (Lipinski definition) is 2. The predicted octanol–water partition coefficient (Wildman–Crippen LogP) is 2.66. The lowest BCUT2D eigenvalue weighted by atomic mass is 10.1. The molecular formula is C21H15F3N6O3S. The highest BCUT2D eigenvalue weighted by Crippen LogP contribution is 2.28. The standard InChI is InChI=1S/C21H15F3N6O3S/c1-33-21-17(8-12(9-22)10-28-21)34(31,32)29-16-5-4-15(23)14(18(16)24)3-2-13-11-27-19(25)20-26-6-7-30(13)20/h4-8,10-11,29H,9H2,1H3,(H2,25,27). The van der Waals surface area contributed by atoms with Gasteiger partial charge in [-0.15, -0.1) is 0 Å². The van der Waals surface area contributed by atoms with Gasteiger partial charge in [0.05, 0.1) is 24.6 Å². The van der Waals surface area contributed by atoms with E-state index in [-0.39, 0.29) is 23.0 Å². The van der Waals surface area contributed by atoms with Crippen LogP contribution in [0.2, 0.25) is 0 Å². The molecule has 0 saturated carbocycles. The summed E-state index contributed by atoms with van der Waals surface area (Å²) in [7, 11) is -3.31. The molecule has 0 aliphatic heterocycles. The summed E-state index contributed by atoms with van der Waals surface area (Å²) in [5.41, 5.74) is 4.98. The van der Waals surface area contributed by atoms with E-state index in [0.717, 1.165) is 24.4 Å². The van der Waals surface area contributed by atoms with Crippen molar-refractivity contribution in [1.82, 2.24) is 19.4 Å². The van der Waals surface area contributed by atoms with Crippen molar-refractivity contribution in [2.75, 3.05) is 17.6 Å². The molecule has 0 spiro atoms. The molecule has 0 aliphatic carbocycles. The highest BCUT2D eigenvalue weighted by Gasteiger charge is 2.24. The molecule has 3 aromatic heterocycles. The molecule has 34 heavy (non-hydrogen) atoms. The molecule has 0 unspecified atom stereocenters. The third-order valence-corrected chi connectivity index (χ3v) is 5.98. The average molecular weight is 488 g/mol. The van der Waals surface area contributed by atoms with Crippen molar-refractivity contribution in [3.05, 3.63) is 71.4 Å². The Morgan fingerprint density at radius 2 is 1.97 bits per heavy atom. The van der Waals surface area contributed by atoms with Gasteiger partial charge in [-0.1, -0.05) is 5.92 Å². The third-order valence-electron chi connectivity index (χ3n) is 4.62. The number of sulfonamides is 1. The molecule has 0 bridgehead atoms. The van der Waals surface area contributed by atoms with E-state index in [0.29, 0.717) is 5.65 Å². The SMILES string of the molecule is COc1ncc(CF)cc1S(=O)(=O)Nc1ccc(F)c(C#Cc2cnc(N)c3nccn23)c1F. The number of fused-ring (bicyclic) bond motifs is 1. The van der Waals surface area contributed by atoms with Crippen LogP contribution in [-0.4, -0.2) is 34.9 Å². The molecule has 0 amide bonds. The molecule has 1 aromatic carbocycles. The van der Waals surface area contributed by atoms with Gasteiger partial charge in [0.15, 0.2) is 17.3 Å². The van der Waals surface area contributed by atoms with Crippen molar-refractivity contribution in [2.45, 2.75) is 11.6 Å². The van der Waals surface area contributed by atoms with Crippen LogP contribution in [0, 0.1) is 23.5 Å². The number of anilines is 2. The number of pyridine rings is 1. The topological polar surface area (TPSA) is 124 Å². The largest absolute Gasteiger partial charge is 0.480 e. The number of imidazole rings is 1. The first-order chi connectivity index (χ1) is 16.2. The van der Waals surface area contributed by atoms with Crippen molar-refractivity contribution in [1.29, 1.82) is 0 Å². The molecule has 4 aromatic rings. The Morgan fingerprint density at radius 1 is 1.18 bits per heavy atom. The lowest BCUT2D eigenvalue weighted by Gasteiger charge is -2.13. The summed E-state index contributed by atoms with van der Waals surface area (Å²) in [5, 5.41) is 0. The molecule has 3 N–H and O–H groups in total. The third kappa shape index (κ3) is 4.18. The summed E-state index contributed by atoms with van der Waals surface area (Å²) < 4.78 is 76.6. The lowest BCUT2D eigenvalue weighted by Crippen LogP contribution is -2.16. The van der Waals surface area contributed by atoms with Crippen LogP contribution in [-0.2, 0) is 16.7 Å². The van der Waals surface area contributed by atoms with Crippen molar-refractivity contribution in [3.63, 3.8) is 0 Å². The quantitative estimate of drug-likeness (QED) is 0.414. The van der Waals surface area contributed by atoms with Crippen LogP contribution < -0.4 is 15.2 Å². The van der Waals surface area contributed by atoms with E-state index in [9.17, 15) is 17.2 Å². The highest BCUT2D eigenvalue weighted by atomic mass is 32.2. The number of nitrogens with one attached hydrogen (secondary N) is 1. The van der Waals surface area contributed by atoms with E-state index in [2.05, 4.69) is 26.8 Å². The van der Waals surface area contributed by atoms with Gasteiger partial charge in [-0.3, -0.25) is 9.12 Å². The van der Waals surface area contributed by atoms with E-state index in [4.69, 9.17) is 10.5 Å². The Kier molecular flexibility index (Phi) is 5.99. The zero-order chi connectivity index (χ0) is 24.5. The van der Waals surface area contributed by atoms with Crippen LogP contribution in [0.25, 0.3) is 5.65 Å². The Hall–Kier alpha value is -4.31. The Morgan fingerprint density at radius 3 is 2.71 bits per heavy atom. The second-order valence-electron chi connectivity index (χ2n) is 6.77. The Bertz CT molecular complexity index is 1580. The number of rotatable bonds is 5. The summed E-state index contributed by atoms with van der Waals surface area (Å²) in [6.45, 7) is -0.978. The second-order valence-corrected chi connectivity index (χ2v) is 8.42. The number of nitrogens with zero attached hydrogens (tertiary/aromatic N) is 4. The maximum absolute atomic E-state index is 15.1. The molecule has 0 atom stereocenters. The molecule has 9 nitrogen and oxygen atoms in total. The molecule has 0 fully saturated rings. The fraction of sp³-hybridized carbons (Fsp3) is 0.0952. The molecule has 4 rings (SSSR count). The number of benzene rings is 1. The number of alkyl halides is 1. The molecule has 0 saturated heterocycles. The van der Waals surface area contributed by atoms with Gasteiger partial charge < -0.3 is 10.5 Å². The van der Waals surface area contributed by atoms with E-state index in [1.165, 1.54) is 23.9 Å². The van der Waals surface area contributed by atoms with Crippen LogP contribution >= 0.6 is 0 Å². The fourth-order valence-corrected chi connectivity index (χ4v) is 4.22. The van der Waals surface area contributed by atoms with Gasteiger partial charge in [-0.2, -0.15) is 0 Å². The van der Waals surface area contributed by atoms with Gasteiger partial charge in [0.25, 0.3) is 10.0 Å². The number of methoxy groups -OCH3 is 1. The predicted molar refractivity (Wildman–Crippen MR) is 116 cm³/mol. The lowest BCUT2D eigenvalue weighted by molar-refractivity contribution is 0.383. The number of nitrogen functional groups attached to an aromatic ring is 1. The average Bonchev–Trinajstić information content (AvgIpc) is 3.33. The van der Waals surface area contributed by atoms with Crippen LogP contribution in [0.3, 0.4) is 0 Å². The Labute approximate surface area is 191 Å². The van der Waals surface area contributed by atoms with E-state index < -0.39 is 44.5 Å². The van der Waals surface area contributed by atoms with E-state index in [1.807, 2.05) is 4.72 Å². The van der Waals surface area contributed by atoms with Gasteiger partial charge in [-0.25, -0.2) is 36.5 Å². The molecule has 3 heterocycles. The van der Waals surface area contributed by atoms with E-state index in [1.54, 1.807) is 6.20 Å². The van der Waals surface area contributed by atoms with Gasteiger partial charge in [0.1, 0.15) is 23.1 Å². The highest BCUT2D eigenvalue weighted by molar-refractivity contribution is 7.92. The zero-order valence-electron chi connectivity index (χ0n) is 17.4. The van der Waals surface area contributed by atoms with Crippen LogP contribution in [0.4, 0.5) is 24.7 Å². The van der Waals surface area contributed by atoms with Crippen molar-refractivity contribution >= 4 is 27.2 Å². The van der Waals surface area contributed by atoms with E-state index >= 15 is 4.39 Å². The maximum atomic E-state index is 15.1. The number of aromatic nitrogens is 4. The fourth-order valence-electron chi connectivity index (χ4n) is 2.99. The first kappa shape index (κ1) is 22.9. The maximum Gasteiger partial charge on any atom is 0.267 e. The van der Waals surface area contributed by atoms with Crippen molar-refractivity contribution in [3.8, 4) is 17.7 Å². The molecule has 0 radical (unpaired) electrons. The molecule has 174 valence electrons. The minimum absolute atomic E-state index is 0.0322. The van der Waals surface area contributed by atoms with Gasteiger partial charge in [-0.05, 0) is 24.1 Å². The molecule has 13 heteroatoms. The summed E-state index contributed by atoms with van der Waals surface area (Å²) in [6, 6.07) is 2.75. The summed E-state index contributed by atoms with van der Waals surface area (Å²) in [5.74, 6) is 2.48. The first-order valence-electron chi connectivity index (χ1n) is 9.44. The second kappa shape index (κ2) is 8.91. The first-order valence-corrected chi connectivity index (χ1v) is 10.9. The molecule has 0 aliphatic rings. The number of nitrogens with two attached hydrogens (primary N) is 1. The van der Waals surface area contributed by atoms with Crippen molar-refractivity contribution in [2.24, 2.45) is 0 Å². The minimum Gasteiger partial charge on any atom is -0.480 e. The van der Waals surface area contributed by atoms with Crippen LogP contribution in [0.15, 0.2) is 47.9 Å². The molecular weight excluding hydrogens is 473 g/mol. The number of ether oxygens (including phenoxy) is 1. The van der Waals surface area contributed by atoms with Gasteiger partial charge >= 0.3 is 0 Å². The summed E-state index contributed by atoms with van der Waals surface area (Å²) >= 11 is 0. The van der Waals surface area contributed by atoms with Crippen molar-refractivity contribution < 1.29 is 26.3 Å². The van der Waals surface area contributed by atoms with Gasteiger partial charge in [0, 0.05) is 24.2 Å². The summed E-state index contributed by atoms with van der Waals surface area (Å²) in [4.78, 5) is 11.2.